The molecule has 0 aliphatic carbocycles. The Morgan fingerprint density at radius 2 is 1.91 bits per heavy atom. The maximum absolute atomic E-state index is 11.5. The first-order valence-electron chi connectivity index (χ1n) is 10.8. The highest BCUT2D eigenvalue weighted by atomic mass is 32.1. The van der Waals surface area contributed by atoms with Gasteiger partial charge in [-0.05, 0) is 47.7 Å². The summed E-state index contributed by atoms with van der Waals surface area (Å²) < 4.78 is 0. The lowest BCUT2D eigenvalue weighted by atomic mass is 10.1. The molecule has 4 aromatic rings. The summed E-state index contributed by atoms with van der Waals surface area (Å²) in [6, 6.07) is 12.6. The van der Waals surface area contributed by atoms with Crippen molar-refractivity contribution in [1.82, 2.24) is 24.8 Å². The molecule has 1 aromatic carbocycles. The Bertz CT molecular complexity index is 1240. The lowest BCUT2D eigenvalue weighted by molar-refractivity contribution is -0.130. The van der Waals surface area contributed by atoms with Gasteiger partial charge in [-0.15, -0.1) is 11.3 Å². The summed E-state index contributed by atoms with van der Waals surface area (Å²) in [5.41, 5.74) is 5.21. The average molecular weight is 447 g/mol. The molecule has 164 valence electrons. The van der Waals surface area contributed by atoms with Crippen LogP contribution in [0.5, 0.6) is 0 Å². The second-order valence-corrected chi connectivity index (χ2v) is 9.14. The molecular formula is C24H26N6OS. The Morgan fingerprint density at radius 1 is 1.12 bits per heavy atom. The number of nitrogens with one attached hydrogen (secondary N) is 2. The first-order chi connectivity index (χ1) is 15.5. The topological polar surface area (TPSA) is 77.2 Å². The molecule has 8 heteroatoms. The molecule has 1 fully saturated rings. The third-order valence-electron chi connectivity index (χ3n) is 5.81. The molecule has 1 aliphatic heterocycles. The maximum atomic E-state index is 11.5. The van der Waals surface area contributed by atoms with Gasteiger partial charge >= 0.3 is 0 Å². The number of nitrogens with zero attached hydrogens (tertiary/aromatic N) is 4. The molecule has 3 aromatic heterocycles. The number of carbonyl (C=O) groups is 1. The smallest absolute Gasteiger partial charge is 0.229 e. The Morgan fingerprint density at radius 3 is 2.59 bits per heavy atom. The van der Waals surface area contributed by atoms with Crippen molar-refractivity contribution in [1.29, 1.82) is 0 Å². The van der Waals surface area contributed by atoms with E-state index in [9.17, 15) is 4.79 Å². The predicted octanol–water partition coefficient (Wildman–Crippen LogP) is 4.40. The van der Waals surface area contributed by atoms with E-state index in [4.69, 9.17) is 4.98 Å². The minimum Gasteiger partial charge on any atom is -0.346 e. The largest absolute Gasteiger partial charge is 0.346 e. The third kappa shape index (κ3) is 4.37. The van der Waals surface area contributed by atoms with Crippen molar-refractivity contribution in [3.63, 3.8) is 0 Å². The summed E-state index contributed by atoms with van der Waals surface area (Å²) in [4.78, 5) is 29.6. The number of H-pyrrole nitrogens is 1. The fourth-order valence-electron chi connectivity index (χ4n) is 4.04. The van der Waals surface area contributed by atoms with Gasteiger partial charge in [0.05, 0.1) is 10.6 Å². The Kier molecular flexibility index (Phi) is 5.63. The minimum atomic E-state index is 0.164. The number of aryl methyl sites for hydroxylation is 1. The molecule has 2 N–H and O–H groups in total. The van der Waals surface area contributed by atoms with Gasteiger partial charge in [0.2, 0.25) is 11.9 Å². The van der Waals surface area contributed by atoms with Crippen molar-refractivity contribution < 1.29 is 4.79 Å². The van der Waals surface area contributed by atoms with E-state index in [0.717, 1.165) is 60.0 Å². The van der Waals surface area contributed by atoms with Crippen molar-refractivity contribution in [3.8, 4) is 10.6 Å². The van der Waals surface area contributed by atoms with Gasteiger partial charge in [0.25, 0.3) is 0 Å². The molecule has 7 nitrogen and oxygen atoms in total. The molecule has 32 heavy (non-hydrogen) atoms. The SMILES string of the molecule is CC(=O)N1CCN(Cc2ccc(Nc3nc(-c4cc(C)cs4)c4cc[nH]c4n3)cc2)CC1. The van der Waals surface area contributed by atoms with E-state index in [1.807, 2.05) is 17.2 Å². The summed E-state index contributed by atoms with van der Waals surface area (Å²) in [5, 5.41) is 6.52. The van der Waals surface area contributed by atoms with Crippen LogP contribution in [0.2, 0.25) is 0 Å². The van der Waals surface area contributed by atoms with Gasteiger partial charge in [-0.1, -0.05) is 12.1 Å². The number of hydrogen-bond acceptors (Lipinski definition) is 6. The molecule has 0 radical (unpaired) electrons. The van der Waals surface area contributed by atoms with Crippen LogP contribution in [0, 0.1) is 6.92 Å². The van der Waals surface area contributed by atoms with E-state index in [-0.39, 0.29) is 5.91 Å². The zero-order valence-corrected chi connectivity index (χ0v) is 19.1. The van der Waals surface area contributed by atoms with Crippen LogP contribution < -0.4 is 5.32 Å². The van der Waals surface area contributed by atoms with E-state index in [1.165, 1.54) is 11.1 Å². The van der Waals surface area contributed by atoms with Crippen LogP contribution in [0.15, 0.2) is 48.0 Å². The minimum absolute atomic E-state index is 0.164. The standard InChI is InChI=1S/C24H26N6OS/c1-16-13-21(32-15-16)22-20-7-8-25-23(20)28-24(27-22)26-19-5-3-18(4-6-19)14-29-9-11-30(12-10-29)17(2)31/h3-8,13,15H,9-12,14H2,1-2H3,(H2,25,26,27,28). The number of anilines is 2. The first-order valence-corrected chi connectivity index (χ1v) is 11.7. The zero-order valence-electron chi connectivity index (χ0n) is 18.3. The fourth-order valence-corrected chi connectivity index (χ4v) is 4.94. The highest BCUT2D eigenvalue weighted by Crippen LogP contribution is 2.32. The summed E-state index contributed by atoms with van der Waals surface area (Å²) in [6.07, 6.45) is 1.90. The number of fused-ring (bicyclic) bond motifs is 1. The van der Waals surface area contributed by atoms with Crippen LogP contribution in [0.25, 0.3) is 21.6 Å². The van der Waals surface area contributed by atoms with Gasteiger partial charge < -0.3 is 15.2 Å². The Balaban J connectivity index is 1.29. The molecular weight excluding hydrogens is 420 g/mol. The number of piperazine rings is 1. The number of thiophene rings is 1. The van der Waals surface area contributed by atoms with Gasteiger partial charge in [0.15, 0.2) is 0 Å². The van der Waals surface area contributed by atoms with Gasteiger partial charge in [-0.2, -0.15) is 4.98 Å². The second kappa shape index (κ2) is 8.72. The van der Waals surface area contributed by atoms with Gasteiger partial charge in [0, 0.05) is 56.9 Å². The second-order valence-electron chi connectivity index (χ2n) is 8.23. The van der Waals surface area contributed by atoms with Gasteiger partial charge in [-0.3, -0.25) is 9.69 Å². The molecule has 4 heterocycles. The molecule has 0 saturated carbocycles. The summed E-state index contributed by atoms with van der Waals surface area (Å²) >= 11 is 1.70. The number of hydrogen-bond donors (Lipinski definition) is 2. The fraction of sp³-hybridized carbons (Fsp3) is 0.292. The molecule has 0 bridgehead atoms. The van der Waals surface area contributed by atoms with Crippen molar-refractivity contribution >= 4 is 39.9 Å². The highest BCUT2D eigenvalue weighted by Gasteiger charge is 2.18. The lowest BCUT2D eigenvalue weighted by Gasteiger charge is -2.34. The first kappa shape index (κ1) is 20.7. The summed E-state index contributed by atoms with van der Waals surface area (Å²) in [7, 11) is 0. The number of rotatable bonds is 5. The van der Waals surface area contributed by atoms with E-state index >= 15 is 0 Å². The Hall–Kier alpha value is -3.23. The van der Waals surface area contributed by atoms with E-state index in [0.29, 0.717) is 5.95 Å². The number of amides is 1. The van der Waals surface area contributed by atoms with Gasteiger partial charge in [-0.25, -0.2) is 4.98 Å². The Labute approximate surface area is 191 Å². The van der Waals surface area contributed by atoms with Crippen molar-refractivity contribution in [2.24, 2.45) is 0 Å². The molecule has 1 saturated heterocycles. The zero-order chi connectivity index (χ0) is 22.1. The van der Waals surface area contributed by atoms with Crippen LogP contribution >= 0.6 is 11.3 Å². The summed E-state index contributed by atoms with van der Waals surface area (Å²) in [6.45, 7) is 8.06. The summed E-state index contributed by atoms with van der Waals surface area (Å²) in [5.74, 6) is 0.742. The van der Waals surface area contributed by atoms with Gasteiger partial charge in [0.1, 0.15) is 5.65 Å². The quantitative estimate of drug-likeness (QED) is 0.475. The van der Waals surface area contributed by atoms with Crippen LogP contribution in [-0.2, 0) is 11.3 Å². The average Bonchev–Trinajstić information content (AvgIpc) is 3.44. The molecule has 0 unspecified atom stereocenters. The number of aromatic nitrogens is 3. The highest BCUT2D eigenvalue weighted by molar-refractivity contribution is 7.13. The van der Waals surface area contributed by atoms with E-state index < -0.39 is 0 Å². The van der Waals surface area contributed by atoms with Crippen molar-refractivity contribution in [3.05, 3.63) is 59.1 Å². The third-order valence-corrected chi connectivity index (χ3v) is 6.87. The molecule has 1 amide bonds. The van der Waals surface area contributed by atoms with Crippen molar-refractivity contribution in [2.45, 2.75) is 20.4 Å². The molecule has 0 spiro atoms. The molecule has 5 rings (SSSR count). The normalized spacial score (nSPS) is 14.8. The lowest BCUT2D eigenvalue weighted by Crippen LogP contribution is -2.47. The molecule has 1 aliphatic rings. The maximum Gasteiger partial charge on any atom is 0.229 e. The predicted molar refractivity (Wildman–Crippen MR) is 129 cm³/mol. The van der Waals surface area contributed by atoms with Crippen LogP contribution in [0.3, 0.4) is 0 Å². The number of benzene rings is 1. The monoisotopic (exact) mass is 446 g/mol. The van der Waals surface area contributed by atoms with E-state index in [2.05, 4.69) is 62.8 Å². The van der Waals surface area contributed by atoms with Crippen molar-refractivity contribution in [2.75, 3.05) is 31.5 Å². The molecule has 0 atom stereocenters. The van der Waals surface area contributed by atoms with Crippen LogP contribution in [0.1, 0.15) is 18.1 Å². The van der Waals surface area contributed by atoms with E-state index in [1.54, 1.807) is 18.3 Å². The van der Waals surface area contributed by atoms with Crippen LogP contribution in [-0.4, -0.2) is 56.8 Å². The number of aromatic amines is 1. The number of carbonyl (C=O) groups excluding carboxylic acids is 1. The van der Waals surface area contributed by atoms with Crippen LogP contribution in [0.4, 0.5) is 11.6 Å².